The van der Waals surface area contributed by atoms with Gasteiger partial charge in [0, 0.05) is 0 Å². The fourth-order valence-corrected chi connectivity index (χ4v) is 0.874. The summed E-state index contributed by atoms with van der Waals surface area (Å²) in [5.41, 5.74) is 1.97. The van der Waals surface area contributed by atoms with Crippen molar-refractivity contribution in [2.45, 2.75) is 0 Å². The molecule has 0 amide bonds. The molecule has 0 heterocycles. The Bertz CT molecular complexity index is 59.8. The maximum atomic E-state index is 4.88. The van der Waals surface area contributed by atoms with Gasteiger partial charge < -0.3 is 4.12 Å². The highest BCUT2D eigenvalue weighted by atomic mass is 28.3. The Balaban J connectivity index is 2.94. The third-order valence-corrected chi connectivity index (χ3v) is 1.87. The van der Waals surface area contributed by atoms with Gasteiger partial charge >= 0.3 is 0 Å². The van der Waals surface area contributed by atoms with Crippen LogP contribution >= 0.6 is 0 Å². The minimum Gasteiger partial charge on any atom is -0.614 e. The Morgan fingerprint density at radius 3 is 2.67 bits per heavy atom. The summed E-state index contributed by atoms with van der Waals surface area (Å²) in [6.45, 7) is 3.50. The lowest BCUT2D eigenvalue weighted by Gasteiger charge is -1.79. The van der Waals surface area contributed by atoms with Crippen molar-refractivity contribution in [1.29, 1.82) is 0 Å². The van der Waals surface area contributed by atoms with E-state index in [0.717, 1.165) is 10.5 Å². The van der Waals surface area contributed by atoms with E-state index >= 15 is 0 Å². The minimum absolute atomic E-state index is 0.137. The molecule has 0 fully saturated rings. The van der Waals surface area contributed by atoms with E-state index in [1.54, 1.807) is 6.08 Å². The molecule has 0 aliphatic heterocycles. The minimum atomic E-state index is 0.137. The Morgan fingerprint density at radius 2 is 2.50 bits per heavy atom. The predicted molar refractivity (Wildman–Crippen MR) is 34.4 cm³/mol. The van der Waals surface area contributed by atoms with Crippen molar-refractivity contribution in [2.75, 3.05) is 0 Å². The smallest absolute Gasteiger partial charge is 0.198 e. The number of rotatable bonds is 2. The van der Waals surface area contributed by atoms with Crippen LogP contribution in [0.15, 0.2) is 12.7 Å². The van der Waals surface area contributed by atoms with Crippen molar-refractivity contribution in [1.82, 2.24) is 0 Å². The topological polar surface area (TPSA) is 9.23 Å². The average Bonchev–Trinajstić information content (AvgIpc) is 1.61. The van der Waals surface area contributed by atoms with Gasteiger partial charge in [-0.3, -0.25) is 0 Å². The summed E-state index contributed by atoms with van der Waals surface area (Å²) in [6, 6.07) is 0. The molecular weight excluding hydrogens is 108 g/mol. The van der Waals surface area contributed by atoms with Crippen molar-refractivity contribution in [3.63, 3.8) is 0 Å². The van der Waals surface area contributed by atoms with Crippen LogP contribution in [-0.4, -0.2) is 25.5 Å². The lowest BCUT2D eigenvalue weighted by molar-refractivity contribution is 0.685. The normalized spacial score (nSPS) is 9.33. The van der Waals surface area contributed by atoms with E-state index in [9.17, 15) is 0 Å². The van der Waals surface area contributed by atoms with Crippen molar-refractivity contribution >= 4 is 25.5 Å². The van der Waals surface area contributed by atoms with E-state index in [1.165, 1.54) is 0 Å². The van der Waals surface area contributed by atoms with Crippen LogP contribution in [0.4, 0.5) is 0 Å². The maximum Gasteiger partial charge on any atom is 0.198 e. The predicted octanol–water partition coefficient (Wildman–Crippen LogP) is -1.38. The third-order valence-electron chi connectivity index (χ3n) is 0.351. The summed E-state index contributed by atoms with van der Waals surface area (Å²) < 4.78 is 4.88. The van der Waals surface area contributed by atoms with E-state index in [4.69, 9.17) is 4.12 Å². The summed E-state index contributed by atoms with van der Waals surface area (Å²) in [6.07, 6.45) is 1.77. The first-order valence-corrected chi connectivity index (χ1v) is 3.67. The summed E-state index contributed by atoms with van der Waals surface area (Å²) >= 11 is 0. The van der Waals surface area contributed by atoms with Gasteiger partial charge in [-0.1, -0.05) is 12.7 Å². The summed E-state index contributed by atoms with van der Waals surface area (Å²) in [7, 11) is 0.998. The number of hydrogen-bond acceptors (Lipinski definition) is 1. The molecule has 6 heavy (non-hydrogen) atoms. The van der Waals surface area contributed by atoms with E-state index in [2.05, 4.69) is 6.58 Å². The van der Waals surface area contributed by atoms with Crippen LogP contribution in [0.1, 0.15) is 0 Å². The largest absolute Gasteiger partial charge is 0.614 e. The molecule has 0 spiro atoms. The van der Waals surface area contributed by atoms with Gasteiger partial charge in [0.1, 0.15) is 0 Å². The van der Waals surface area contributed by atoms with Crippen LogP contribution < -0.4 is 0 Å². The lowest BCUT2D eigenvalue weighted by Crippen LogP contribution is -1.83. The molecular formula is C3H8OSi2. The first kappa shape index (κ1) is 5.84. The van der Waals surface area contributed by atoms with Gasteiger partial charge in [0.2, 0.25) is 0 Å². The van der Waals surface area contributed by atoms with Crippen LogP contribution in [0.2, 0.25) is 0 Å². The second-order valence-electron chi connectivity index (χ2n) is 0.800. The Labute approximate surface area is 43.1 Å². The van der Waals surface area contributed by atoms with E-state index in [-0.39, 0.29) is 9.38 Å². The number of hydrogen-bond donors (Lipinski definition) is 0. The molecule has 0 saturated heterocycles. The van der Waals surface area contributed by atoms with Gasteiger partial charge in [0.25, 0.3) is 0 Å². The first-order valence-electron chi connectivity index (χ1n) is 1.72. The van der Waals surface area contributed by atoms with Crippen LogP contribution in [0.5, 0.6) is 0 Å². The van der Waals surface area contributed by atoms with Gasteiger partial charge in [0.15, 0.2) is 19.9 Å². The fraction of sp³-hybridized carbons (Fsp3) is 0. The second-order valence-corrected chi connectivity index (χ2v) is 3.34. The van der Waals surface area contributed by atoms with E-state index < -0.39 is 0 Å². The van der Waals surface area contributed by atoms with Gasteiger partial charge in [-0.05, 0) is 5.67 Å². The average molecular weight is 116 g/mol. The number of allylic oxidation sites excluding steroid dienone is 1. The quantitative estimate of drug-likeness (QED) is 0.404. The zero-order valence-corrected chi connectivity index (χ0v) is 7.00. The molecule has 0 N–H and O–H groups in total. The molecule has 0 rings (SSSR count). The summed E-state index contributed by atoms with van der Waals surface area (Å²) in [5, 5.41) is 0. The molecule has 0 aliphatic rings. The van der Waals surface area contributed by atoms with Crippen molar-refractivity contribution in [2.24, 2.45) is 0 Å². The van der Waals surface area contributed by atoms with Crippen molar-refractivity contribution in [3.8, 4) is 0 Å². The molecule has 1 nitrogen and oxygen atoms in total. The SMILES string of the molecule is C=CC=[SiH]O[SiH3]. The maximum absolute atomic E-state index is 4.88. The fourth-order valence-electron chi connectivity index (χ4n) is 0.134. The van der Waals surface area contributed by atoms with Gasteiger partial charge in [-0.15, -0.1) is 0 Å². The van der Waals surface area contributed by atoms with Crippen LogP contribution in [0.25, 0.3) is 0 Å². The zero-order valence-electron chi connectivity index (χ0n) is 3.85. The van der Waals surface area contributed by atoms with Gasteiger partial charge in [0.05, 0.1) is 0 Å². The molecule has 0 bridgehead atoms. The van der Waals surface area contributed by atoms with E-state index in [1.807, 2.05) is 5.67 Å². The molecule has 0 aromatic heterocycles. The molecule has 0 atom stereocenters. The summed E-state index contributed by atoms with van der Waals surface area (Å²) in [4.78, 5) is 0. The van der Waals surface area contributed by atoms with E-state index in [0.29, 0.717) is 0 Å². The molecule has 0 saturated carbocycles. The lowest BCUT2D eigenvalue weighted by atomic mass is 10.8. The third kappa shape index (κ3) is 3.84. The monoisotopic (exact) mass is 116 g/mol. The molecule has 0 aromatic carbocycles. The standard InChI is InChI=1S/C3H8OSi2/c1-2-3-6-4-5/h2-3,6H,1H2,5H3. The Kier molecular flexibility index (Phi) is 4.72. The van der Waals surface area contributed by atoms with Crippen LogP contribution in [0.3, 0.4) is 0 Å². The Morgan fingerprint density at radius 1 is 1.83 bits per heavy atom. The molecule has 0 aliphatic carbocycles. The molecule has 0 unspecified atom stereocenters. The van der Waals surface area contributed by atoms with Crippen LogP contribution in [-0.2, 0) is 4.12 Å². The summed E-state index contributed by atoms with van der Waals surface area (Å²) in [5.74, 6) is 0. The molecule has 3 heteroatoms. The van der Waals surface area contributed by atoms with Crippen molar-refractivity contribution < 1.29 is 4.12 Å². The van der Waals surface area contributed by atoms with Gasteiger partial charge in [-0.2, -0.15) is 0 Å². The van der Waals surface area contributed by atoms with Crippen molar-refractivity contribution in [3.05, 3.63) is 12.7 Å². The first-order chi connectivity index (χ1) is 2.91. The zero-order chi connectivity index (χ0) is 4.83. The highest BCUT2D eigenvalue weighted by Gasteiger charge is 1.53. The highest BCUT2D eigenvalue weighted by Crippen LogP contribution is 1.45. The van der Waals surface area contributed by atoms with Crippen LogP contribution in [0, 0.1) is 0 Å². The molecule has 0 radical (unpaired) electrons. The van der Waals surface area contributed by atoms with Gasteiger partial charge in [-0.25, -0.2) is 0 Å². The highest BCUT2D eigenvalue weighted by molar-refractivity contribution is 6.46. The Hall–Kier alpha value is -0.156. The second kappa shape index (κ2) is 4.84. The molecule has 0 aromatic rings. The molecule has 34 valence electrons.